The molecule has 15 heavy (non-hydrogen) atoms. The van der Waals surface area contributed by atoms with Crippen LogP contribution < -0.4 is 0 Å². The summed E-state index contributed by atoms with van der Waals surface area (Å²) in [5.74, 6) is -0.429. The van der Waals surface area contributed by atoms with Crippen molar-refractivity contribution in [3.8, 4) is 0 Å². The van der Waals surface area contributed by atoms with Gasteiger partial charge in [-0.2, -0.15) is 0 Å². The summed E-state index contributed by atoms with van der Waals surface area (Å²) < 4.78 is 18.0. The molecule has 1 aromatic carbocycles. The number of rotatable bonds is 1. The van der Waals surface area contributed by atoms with Crippen molar-refractivity contribution in [2.75, 3.05) is 0 Å². The molecule has 1 unspecified atom stereocenters. The summed E-state index contributed by atoms with van der Waals surface area (Å²) in [6, 6.07) is 6.25. The van der Waals surface area contributed by atoms with Gasteiger partial charge in [-0.1, -0.05) is 12.1 Å². The predicted molar refractivity (Wildman–Crippen MR) is 53.9 cm³/mol. The number of esters is 1. The lowest BCUT2D eigenvalue weighted by atomic mass is 9.84. The summed E-state index contributed by atoms with van der Waals surface area (Å²) in [5.41, 5.74) is 0.460. The van der Waals surface area contributed by atoms with Crippen LogP contribution in [0.5, 0.6) is 0 Å². The fourth-order valence-electron chi connectivity index (χ4n) is 2.03. The van der Waals surface area contributed by atoms with Crippen molar-refractivity contribution in [3.63, 3.8) is 0 Å². The zero-order valence-electron chi connectivity index (χ0n) is 8.79. The fourth-order valence-corrected chi connectivity index (χ4v) is 2.03. The Bertz CT molecular complexity index is 381. The van der Waals surface area contributed by atoms with E-state index in [1.807, 2.05) is 13.8 Å². The summed E-state index contributed by atoms with van der Waals surface area (Å²) in [6.07, 6.45) is 0.374. The van der Waals surface area contributed by atoms with Crippen molar-refractivity contribution in [1.29, 1.82) is 0 Å². The highest BCUT2D eigenvalue weighted by Gasteiger charge is 2.42. The van der Waals surface area contributed by atoms with Gasteiger partial charge in [-0.05, 0) is 31.5 Å². The van der Waals surface area contributed by atoms with E-state index in [0.29, 0.717) is 6.42 Å². The normalized spacial score (nSPS) is 23.9. The van der Waals surface area contributed by atoms with E-state index in [2.05, 4.69) is 0 Å². The Morgan fingerprint density at radius 2 is 1.93 bits per heavy atom. The smallest absolute Gasteiger partial charge is 0.307 e. The molecule has 1 fully saturated rings. The first kappa shape index (κ1) is 10.1. The number of carbonyl (C=O) groups excluding carboxylic acids is 1. The van der Waals surface area contributed by atoms with Crippen molar-refractivity contribution in [2.24, 2.45) is 0 Å². The zero-order valence-corrected chi connectivity index (χ0v) is 8.79. The van der Waals surface area contributed by atoms with Gasteiger partial charge >= 0.3 is 5.97 Å². The Labute approximate surface area is 88.1 Å². The summed E-state index contributed by atoms with van der Waals surface area (Å²) in [6.45, 7) is 3.76. The molecule has 0 aliphatic carbocycles. The molecule has 2 nitrogen and oxygen atoms in total. The van der Waals surface area contributed by atoms with Crippen LogP contribution in [0.2, 0.25) is 0 Å². The average Bonchev–Trinajstić information content (AvgIpc) is 2.41. The molecule has 3 heteroatoms. The van der Waals surface area contributed by atoms with Crippen molar-refractivity contribution in [1.82, 2.24) is 0 Å². The second kappa shape index (κ2) is 3.33. The Kier molecular flexibility index (Phi) is 2.25. The van der Waals surface area contributed by atoms with Gasteiger partial charge in [0.1, 0.15) is 11.4 Å². The van der Waals surface area contributed by atoms with Gasteiger partial charge in [0.25, 0.3) is 0 Å². The van der Waals surface area contributed by atoms with Crippen LogP contribution in [-0.4, -0.2) is 11.6 Å². The Morgan fingerprint density at radius 1 is 1.33 bits per heavy atom. The Balaban J connectivity index is 2.31. The van der Waals surface area contributed by atoms with Crippen LogP contribution in [0, 0.1) is 5.82 Å². The maximum absolute atomic E-state index is 12.7. The largest absolute Gasteiger partial charge is 0.459 e. The molecular weight excluding hydrogens is 195 g/mol. The third-order valence-electron chi connectivity index (χ3n) is 2.86. The highest BCUT2D eigenvalue weighted by atomic mass is 19.1. The van der Waals surface area contributed by atoms with Crippen LogP contribution in [0.25, 0.3) is 0 Å². The number of hydrogen-bond acceptors (Lipinski definition) is 2. The zero-order chi connectivity index (χ0) is 11.1. The average molecular weight is 208 g/mol. The van der Waals surface area contributed by atoms with Crippen LogP contribution in [0.4, 0.5) is 4.39 Å². The monoisotopic (exact) mass is 208 g/mol. The van der Waals surface area contributed by atoms with Gasteiger partial charge in [-0.15, -0.1) is 0 Å². The number of ether oxygens (including phenoxy) is 1. The van der Waals surface area contributed by atoms with Gasteiger partial charge in [-0.25, -0.2) is 4.39 Å². The Hall–Kier alpha value is -1.38. The first-order valence-corrected chi connectivity index (χ1v) is 4.96. The van der Waals surface area contributed by atoms with Gasteiger partial charge < -0.3 is 4.74 Å². The second-order valence-electron chi connectivity index (χ2n) is 4.39. The van der Waals surface area contributed by atoms with E-state index in [9.17, 15) is 9.18 Å². The molecule has 0 aromatic heterocycles. The van der Waals surface area contributed by atoms with Gasteiger partial charge in [0.2, 0.25) is 0 Å². The van der Waals surface area contributed by atoms with Crippen LogP contribution in [-0.2, 0) is 9.53 Å². The van der Waals surface area contributed by atoms with Crippen molar-refractivity contribution in [3.05, 3.63) is 35.6 Å². The quantitative estimate of drug-likeness (QED) is 0.663. The molecule has 1 aromatic rings. The van der Waals surface area contributed by atoms with Crippen LogP contribution in [0.15, 0.2) is 24.3 Å². The van der Waals surface area contributed by atoms with Crippen LogP contribution in [0.1, 0.15) is 31.7 Å². The molecular formula is C12H13FO2. The lowest BCUT2D eigenvalue weighted by molar-refractivity contribution is -0.146. The summed E-state index contributed by atoms with van der Waals surface area (Å²) in [5, 5.41) is 0. The SMILES string of the molecule is CC1(C)OC(=O)CC1c1ccc(F)cc1. The minimum atomic E-state index is -0.491. The minimum Gasteiger partial charge on any atom is -0.459 e. The molecule has 0 amide bonds. The first-order chi connectivity index (χ1) is 6.99. The molecule has 1 heterocycles. The molecule has 2 rings (SSSR count). The summed E-state index contributed by atoms with van der Waals surface area (Å²) >= 11 is 0. The van der Waals surface area contributed by atoms with E-state index in [1.54, 1.807) is 12.1 Å². The molecule has 1 saturated heterocycles. The molecule has 0 spiro atoms. The second-order valence-corrected chi connectivity index (χ2v) is 4.39. The van der Waals surface area contributed by atoms with Crippen LogP contribution >= 0.6 is 0 Å². The maximum Gasteiger partial charge on any atom is 0.307 e. The molecule has 0 saturated carbocycles. The first-order valence-electron chi connectivity index (χ1n) is 4.96. The number of hydrogen-bond donors (Lipinski definition) is 0. The standard InChI is InChI=1S/C12H13FO2/c1-12(2)10(7-11(14)15-12)8-3-5-9(13)6-4-8/h3-6,10H,7H2,1-2H3. The molecule has 1 atom stereocenters. The molecule has 1 aliphatic heterocycles. The fraction of sp³-hybridized carbons (Fsp3) is 0.417. The third kappa shape index (κ3) is 1.87. The van der Waals surface area contributed by atoms with Gasteiger partial charge in [-0.3, -0.25) is 4.79 Å². The molecule has 0 radical (unpaired) electrons. The predicted octanol–water partition coefficient (Wildman–Crippen LogP) is 2.63. The maximum atomic E-state index is 12.7. The molecule has 0 bridgehead atoms. The highest BCUT2D eigenvalue weighted by molar-refractivity contribution is 5.74. The van der Waals surface area contributed by atoms with E-state index in [-0.39, 0.29) is 17.7 Å². The highest BCUT2D eigenvalue weighted by Crippen LogP contribution is 2.40. The molecule has 0 N–H and O–H groups in total. The number of cyclic esters (lactones) is 1. The van der Waals surface area contributed by atoms with Gasteiger partial charge in [0.15, 0.2) is 0 Å². The lowest BCUT2D eigenvalue weighted by Gasteiger charge is -2.24. The van der Waals surface area contributed by atoms with E-state index >= 15 is 0 Å². The minimum absolute atomic E-state index is 0.0191. The Morgan fingerprint density at radius 3 is 2.40 bits per heavy atom. The molecule has 80 valence electrons. The topological polar surface area (TPSA) is 26.3 Å². The van der Waals surface area contributed by atoms with Crippen molar-refractivity contribution < 1.29 is 13.9 Å². The third-order valence-corrected chi connectivity index (χ3v) is 2.86. The number of halogens is 1. The van der Waals surface area contributed by atoms with E-state index in [0.717, 1.165) is 5.56 Å². The summed E-state index contributed by atoms with van der Waals surface area (Å²) in [7, 11) is 0. The van der Waals surface area contributed by atoms with Crippen molar-refractivity contribution in [2.45, 2.75) is 31.8 Å². The van der Waals surface area contributed by atoms with E-state index in [4.69, 9.17) is 4.74 Å². The molecule has 1 aliphatic rings. The van der Waals surface area contributed by atoms with E-state index < -0.39 is 5.60 Å². The van der Waals surface area contributed by atoms with Gasteiger partial charge in [0, 0.05) is 5.92 Å². The number of benzene rings is 1. The summed E-state index contributed by atoms with van der Waals surface area (Å²) in [4.78, 5) is 11.2. The van der Waals surface area contributed by atoms with Gasteiger partial charge in [0.05, 0.1) is 6.42 Å². The van der Waals surface area contributed by atoms with Crippen LogP contribution in [0.3, 0.4) is 0 Å². The lowest BCUT2D eigenvalue weighted by Crippen LogP contribution is -2.25. The number of carbonyl (C=O) groups is 1. The van der Waals surface area contributed by atoms with E-state index in [1.165, 1.54) is 12.1 Å². The van der Waals surface area contributed by atoms with Crippen molar-refractivity contribution >= 4 is 5.97 Å².